The van der Waals surface area contributed by atoms with Crippen LogP contribution in [0, 0.1) is 0 Å². The molecule has 3 nitrogen and oxygen atoms in total. The first kappa shape index (κ1) is 12.9. The van der Waals surface area contributed by atoms with E-state index >= 15 is 0 Å². The quantitative estimate of drug-likeness (QED) is 0.899. The molecule has 0 unspecified atom stereocenters. The van der Waals surface area contributed by atoms with Crippen LogP contribution in [0.15, 0.2) is 35.0 Å². The van der Waals surface area contributed by atoms with E-state index in [1.165, 1.54) is 0 Å². The van der Waals surface area contributed by atoms with Crippen molar-refractivity contribution in [1.82, 2.24) is 0 Å². The maximum Gasteiger partial charge on any atom is 0.161 e. The van der Waals surface area contributed by atoms with E-state index < -0.39 is 6.10 Å². The van der Waals surface area contributed by atoms with Crippen LogP contribution >= 0.6 is 11.3 Å². The molecule has 0 aliphatic heterocycles. The Balaban J connectivity index is 2.12. The highest BCUT2D eigenvalue weighted by Gasteiger charge is 2.09. The van der Waals surface area contributed by atoms with Gasteiger partial charge in [0.25, 0.3) is 0 Å². The number of thiophene rings is 1. The van der Waals surface area contributed by atoms with Gasteiger partial charge in [0.2, 0.25) is 0 Å². The van der Waals surface area contributed by atoms with Gasteiger partial charge in [-0.25, -0.2) is 0 Å². The molecule has 0 aliphatic carbocycles. The molecule has 0 aliphatic rings. The van der Waals surface area contributed by atoms with Crippen molar-refractivity contribution < 1.29 is 14.6 Å². The lowest BCUT2D eigenvalue weighted by molar-refractivity contribution is 0.198. The molecule has 0 amide bonds. The Morgan fingerprint density at radius 3 is 2.72 bits per heavy atom. The van der Waals surface area contributed by atoms with Gasteiger partial charge in [0.1, 0.15) is 6.61 Å². The van der Waals surface area contributed by atoms with E-state index in [0.29, 0.717) is 18.1 Å². The summed E-state index contributed by atoms with van der Waals surface area (Å²) in [6.07, 6.45) is -0.509. The van der Waals surface area contributed by atoms with Crippen LogP contribution in [0.3, 0.4) is 0 Å². The summed E-state index contributed by atoms with van der Waals surface area (Å²) in [5.41, 5.74) is 1.95. The van der Waals surface area contributed by atoms with E-state index in [0.717, 1.165) is 11.1 Å². The maximum atomic E-state index is 9.52. The van der Waals surface area contributed by atoms with Crippen LogP contribution in [0.2, 0.25) is 0 Å². The number of rotatable bonds is 5. The van der Waals surface area contributed by atoms with Crippen molar-refractivity contribution in [1.29, 1.82) is 0 Å². The van der Waals surface area contributed by atoms with Crippen LogP contribution in [0.5, 0.6) is 11.5 Å². The minimum atomic E-state index is -0.509. The van der Waals surface area contributed by atoms with Gasteiger partial charge in [-0.1, -0.05) is 6.07 Å². The van der Waals surface area contributed by atoms with Gasteiger partial charge < -0.3 is 14.6 Å². The molecule has 2 aromatic rings. The summed E-state index contributed by atoms with van der Waals surface area (Å²) in [4.78, 5) is 0. The van der Waals surface area contributed by atoms with E-state index in [9.17, 15) is 5.11 Å². The minimum absolute atomic E-state index is 0.509. The van der Waals surface area contributed by atoms with Crippen molar-refractivity contribution in [2.45, 2.75) is 19.6 Å². The fourth-order valence-electron chi connectivity index (χ4n) is 1.60. The van der Waals surface area contributed by atoms with Crippen LogP contribution in [0.4, 0.5) is 0 Å². The maximum absolute atomic E-state index is 9.52. The Bertz CT molecular complexity index is 492. The third-order valence-corrected chi connectivity index (χ3v) is 3.38. The Morgan fingerprint density at radius 1 is 1.28 bits per heavy atom. The Hall–Kier alpha value is -1.52. The molecular formula is C14H16O3S. The second-order valence-electron chi connectivity index (χ2n) is 4.01. The van der Waals surface area contributed by atoms with E-state index in [2.05, 4.69) is 5.38 Å². The number of hydrogen-bond donors (Lipinski definition) is 1. The standard InChI is InChI=1S/C14H16O3S/c1-10(15)12-3-4-13(14(7-12)16-2)17-8-11-5-6-18-9-11/h3-7,9-10,15H,8H2,1-2H3/t10-/m1/s1. The lowest BCUT2D eigenvalue weighted by atomic mass is 10.1. The molecule has 2 rings (SSSR count). The number of aliphatic hydroxyl groups is 1. The normalized spacial score (nSPS) is 12.2. The predicted octanol–water partition coefficient (Wildman–Crippen LogP) is 3.39. The van der Waals surface area contributed by atoms with Crippen LogP contribution in [0.1, 0.15) is 24.2 Å². The van der Waals surface area contributed by atoms with Crippen LogP contribution < -0.4 is 9.47 Å². The molecule has 0 bridgehead atoms. The number of hydrogen-bond acceptors (Lipinski definition) is 4. The van der Waals surface area contributed by atoms with Gasteiger partial charge in [-0.05, 0) is 47.0 Å². The second kappa shape index (κ2) is 5.89. The summed E-state index contributed by atoms with van der Waals surface area (Å²) in [7, 11) is 1.60. The lowest BCUT2D eigenvalue weighted by Crippen LogP contribution is -1.98. The van der Waals surface area contributed by atoms with E-state index in [-0.39, 0.29) is 0 Å². The SMILES string of the molecule is COc1cc([C@@H](C)O)ccc1OCc1ccsc1. The van der Waals surface area contributed by atoms with Crippen LogP contribution in [-0.4, -0.2) is 12.2 Å². The fraction of sp³-hybridized carbons (Fsp3) is 0.286. The zero-order valence-electron chi connectivity index (χ0n) is 10.4. The third kappa shape index (κ3) is 3.03. The number of benzene rings is 1. The molecule has 0 spiro atoms. The van der Waals surface area contributed by atoms with Crippen molar-refractivity contribution in [3.05, 3.63) is 46.2 Å². The molecule has 96 valence electrons. The number of ether oxygens (including phenoxy) is 2. The molecule has 1 atom stereocenters. The van der Waals surface area contributed by atoms with Crippen LogP contribution in [-0.2, 0) is 6.61 Å². The molecule has 4 heteroatoms. The first-order valence-electron chi connectivity index (χ1n) is 5.70. The highest BCUT2D eigenvalue weighted by atomic mass is 32.1. The highest BCUT2D eigenvalue weighted by Crippen LogP contribution is 2.30. The van der Waals surface area contributed by atoms with Crippen molar-refractivity contribution in [3.8, 4) is 11.5 Å². The van der Waals surface area contributed by atoms with Gasteiger partial charge in [-0.15, -0.1) is 0 Å². The largest absolute Gasteiger partial charge is 0.493 e. The van der Waals surface area contributed by atoms with Gasteiger partial charge in [-0.3, -0.25) is 0 Å². The molecular weight excluding hydrogens is 248 g/mol. The average molecular weight is 264 g/mol. The molecule has 18 heavy (non-hydrogen) atoms. The molecule has 0 saturated heterocycles. The summed E-state index contributed by atoms with van der Waals surface area (Å²) in [6.45, 7) is 2.24. The topological polar surface area (TPSA) is 38.7 Å². The van der Waals surface area contributed by atoms with E-state index in [1.54, 1.807) is 31.4 Å². The van der Waals surface area contributed by atoms with Gasteiger partial charge in [0.05, 0.1) is 13.2 Å². The predicted molar refractivity (Wildman–Crippen MR) is 72.3 cm³/mol. The molecule has 0 saturated carbocycles. The monoisotopic (exact) mass is 264 g/mol. The molecule has 1 heterocycles. The highest BCUT2D eigenvalue weighted by molar-refractivity contribution is 7.07. The summed E-state index contributed by atoms with van der Waals surface area (Å²) in [5.74, 6) is 1.33. The van der Waals surface area contributed by atoms with E-state index in [4.69, 9.17) is 9.47 Å². The Kier molecular flexibility index (Phi) is 4.23. The zero-order chi connectivity index (χ0) is 13.0. The van der Waals surface area contributed by atoms with Crippen molar-refractivity contribution in [2.75, 3.05) is 7.11 Å². The summed E-state index contributed by atoms with van der Waals surface area (Å²) < 4.78 is 11.0. The molecule has 0 fully saturated rings. The Morgan fingerprint density at radius 2 is 2.11 bits per heavy atom. The first-order chi connectivity index (χ1) is 8.70. The summed E-state index contributed by atoms with van der Waals surface area (Å²) in [5, 5.41) is 13.6. The number of methoxy groups -OCH3 is 1. The first-order valence-corrected chi connectivity index (χ1v) is 6.65. The molecule has 1 aromatic heterocycles. The molecule has 1 aromatic carbocycles. The van der Waals surface area contributed by atoms with Gasteiger partial charge in [-0.2, -0.15) is 11.3 Å². The number of aliphatic hydroxyl groups excluding tert-OH is 1. The molecule has 1 N–H and O–H groups in total. The van der Waals surface area contributed by atoms with Crippen LogP contribution in [0.25, 0.3) is 0 Å². The minimum Gasteiger partial charge on any atom is -0.493 e. The van der Waals surface area contributed by atoms with Gasteiger partial charge in [0.15, 0.2) is 11.5 Å². The molecule has 0 radical (unpaired) electrons. The lowest BCUT2D eigenvalue weighted by Gasteiger charge is -2.12. The van der Waals surface area contributed by atoms with Crippen molar-refractivity contribution in [2.24, 2.45) is 0 Å². The summed E-state index contributed by atoms with van der Waals surface area (Å²) in [6, 6.07) is 7.50. The van der Waals surface area contributed by atoms with Crippen molar-refractivity contribution >= 4 is 11.3 Å². The van der Waals surface area contributed by atoms with Gasteiger partial charge in [0, 0.05) is 0 Å². The second-order valence-corrected chi connectivity index (χ2v) is 4.79. The Labute approximate surface area is 111 Å². The zero-order valence-corrected chi connectivity index (χ0v) is 11.2. The smallest absolute Gasteiger partial charge is 0.161 e. The van der Waals surface area contributed by atoms with Crippen molar-refractivity contribution in [3.63, 3.8) is 0 Å². The van der Waals surface area contributed by atoms with E-state index in [1.807, 2.05) is 23.6 Å². The average Bonchev–Trinajstić information content (AvgIpc) is 2.89. The van der Waals surface area contributed by atoms with Gasteiger partial charge >= 0.3 is 0 Å². The fourth-order valence-corrected chi connectivity index (χ4v) is 2.25. The summed E-state index contributed by atoms with van der Waals surface area (Å²) >= 11 is 1.65. The third-order valence-electron chi connectivity index (χ3n) is 2.64.